The number of hydrogen-bond acceptors (Lipinski definition) is 3. The third kappa shape index (κ3) is 3.55. The molecule has 1 rings (SSSR count). The molecule has 0 bridgehead atoms. The van der Waals surface area contributed by atoms with Gasteiger partial charge in [0.25, 0.3) is 0 Å². The lowest BCUT2D eigenvalue weighted by Crippen LogP contribution is -2.49. The van der Waals surface area contributed by atoms with Gasteiger partial charge in [-0.05, 0) is 38.9 Å². The van der Waals surface area contributed by atoms with Gasteiger partial charge in [-0.15, -0.1) is 0 Å². The highest BCUT2D eigenvalue weighted by molar-refractivity contribution is 5.98. The van der Waals surface area contributed by atoms with E-state index in [1.807, 2.05) is 18.9 Å². The van der Waals surface area contributed by atoms with Crippen LogP contribution in [0.4, 0.5) is 0 Å². The zero-order chi connectivity index (χ0) is 13.7. The first-order valence-corrected chi connectivity index (χ1v) is 7.12. The number of likely N-dealkylation sites (tertiary alicyclic amines) is 1. The summed E-state index contributed by atoms with van der Waals surface area (Å²) in [7, 11) is 1.97. The molecule has 1 saturated heterocycles. The highest BCUT2D eigenvalue weighted by Gasteiger charge is 2.31. The summed E-state index contributed by atoms with van der Waals surface area (Å²) < 4.78 is 0. The zero-order valence-corrected chi connectivity index (χ0v) is 12.3. The summed E-state index contributed by atoms with van der Waals surface area (Å²) in [6.45, 7) is 9.72. The highest BCUT2D eigenvalue weighted by atomic mass is 15.2. The van der Waals surface area contributed by atoms with Crippen molar-refractivity contribution >= 4 is 11.5 Å². The van der Waals surface area contributed by atoms with E-state index in [1.54, 1.807) is 0 Å². The number of hydrogen-bond donors (Lipinski definition) is 2. The minimum Gasteiger partial charge on any atom is -0.355 e. The van der Waals surface area contributed by atoms with Crippen molar-refractivity contribution in [3.63, 3.8) is 0 Å². The largest absolute Gasteiger partial charge is 0.355 e. The molecule has 0 saturated carbocycles. The molecular weight excluding hydrogens is 224 g/mol. The molecule has 1 fully saturated rings. The molecule has 1 heterocycles. The fraction of sp³-hybridized carbons (Fsp3) is 0.857. The van der Waals surface area contributed by atoms with Gasteiger partial charge in [0.05, 0.1) is 11.9 Å². The molecule has 2 N–H and O–H groups in total. The van der Waals surface area contributed by atoms with Gasteiger partial charge in [0, 0.05) is 18.7 Å². The van der Waals surface area contributed by atoms with E-state index in [4.69, 9.17) is 10.8 Å². The van der Waals surface area contributed by atoms with Crippen LogP contribution in [0.3, 0.4) is 0 Å². The second-order valence-corrected chi connectivity index (χ2v) is 5.31. The summed E-state index contributed by atoms with van der Waals surface area (Å²) in [5.41, 5.74) is 0.806. The van der Waals surface area contributed by atoms with Crippen molar-refractivity contribution in [1.82, 2.24) is 9.80 Å². The zero-order valence-electron chi connectivity index (χ0n) is 12.3. The number of rotatable bonds is 6. The second kappa shape index (κ2) is 6.88. The van der Waals surface area contributed by atoms with Gasteiger partial charge in [-0.3, -0.25) is 5.41 Å². The first kappa shape index (κ1) is 15.2. The van der Waals surface area contributed by atoms with E-state index in [1.165, 1.54) is 0 Å². The van der Waals surface area contributed by atoms with Crippen molar-refractivity contribution in [3.05, 3.63) is 0 Å². The van der Waals surface area contributed by atoms with Crippen molar-refractivity contribution in [2.75, 3.05) is 26.7 Å². The molecule has 18 heavy (non-hydrogen) atoms. The molecule has 2 atom stereocenters. The predicted octanol–water partition coefficient (Wildman–Crippen LogP) is 2.45. The Bertz CT molecular complexity index is 296. The molecule has 0 aromatic rings. The summed E-state index contributed by atoms with van der Waals surface area (Å²) in [6.07, 6.45) is 2.88. The number of nitrogens with one attached hydrogen (secondary N) is 2. The fourth-order valence-electron chi connectivity index (χ4n) is 2.73. The maximum atomic E-state index is 8.12. The van der Waals surface area contributed by atoms with Crippen LogP contribution in [0.2, 0.25) is 0 Å². The molecule has 0 aromatic heterocycles. The summed E-state index contributed by atoms with van der Waals surface area (Å²) in [5.74, 6) is 0.903. The van der Waals surface area contributed by atoms with Crippen molar-refractivity contribution in [1.29, 1.82) is 10.8 Å². The van der Waals surface area contributed by atoms with E-state index in [0.717, 1.165) is 44.6 Å². The van der Waals surface area contributed by atoms with Gasteiger partial charge in [0.1, 0.15) is 0 Å². The van der Waals surface area contributed by atoms with Crippen molar-refractivity contribution in [3.8, 4) is 0 Å². The molecule has 4 heteroatoms. The quantitative estimate of drug-likeness (QED) is 0.763. The number of piperidine rings is 1. The van der Waals surface area contributed by atoms with E-state index in [0.29, 0.717) is 5.84 Å². The van der Waals surface area contributed by atoms with Crippen LogP contribution < -0.4 is 0 Å². The number of nitrogens with zero attached hydrogens (tertiary/aromatic N) is 2. The minimum absolute atomic E-state index is 0.157. The molecule has 1 aliphatic rings. The SMILES string of the molecule is CCN(CC)CCCC1C(=N)CC(C)C(=N)N1C. The summed E-state index contributed by atoms with van der Waals surface area (Å²) >= 11 is 0. The van der Waals surface area contributed by atoms with Crippen molar-refractivity contribution in [2.24, 2.45) is 5.92 Å². The summed E-state index contributed by atoms with van der Waals surface area (Å²) in [5, 5.41) is 16.2. The monoisotopic (exact) mass is 252 g/mol. The average molecular weight is 252 g/mol. The Kier molecular flexibility index (Phi) is 5.79. The average Bonchev–Trinajstić information content (AvgIpc) is 2.35. The molecule has 0 amide bonds. The molecule has 4 nitrogen and oxygen atoms in total. The molecule has 0 aromatic carbocycles. The highest BCUT2D eigenvalue weighted by Crippen LogP contribution is 2.22. The van der Waals surface area contributed by atoms with Crippen molar-refractivity contribution < 1.29 is 0 Å². The topological polar surface area (TPSA) is 54.2 Å². The smallest absolute Gasteiger partial charge is 0.0993 e. The Morgan fingerprint density at radius 2 is 1.89 bits per heavy atom. The first-order chi connectivity index (χ1) is 8.51. The van der Waals surface area contributed by atoms with Gasteiger partial charge in [0.2, 0.25) is 0 Å². The van der Waals surface area contributed by atoms with Gasteiger partial charge in [-0.2, -0.15) is 0 Å². The molecule has 104 valence electrons. The Morgan fingerprint density at radius 3 is 2.44 bits per heavy atom. The van der Waals surface area contributed by atoms with E-state index >= 15 is 0 Å². The van der Waals surface area contributed by atoms with Gasteiger partial charge in [-0.1, -0.05) is 20.8 Å². The minimum atomic E-state index is 0.157. The lowest BCUT2D eigenvalue weighted by atomic mass is 9.89. The molecule has 0 radical (unpaired) electrons. The maximum Gasteiger partial charge on any atom is 0.0993 e. The van der Waals surface area contributed by atoms with Gasteiger partial charge < -0.3 is 15.2 Å². The Balaban J connectivity index is 2.45. The second-order valence-electron chi connectivity index (χ2n) is 5.31. The third-order valence-electron chi connectivity index (χ3n) is 4.09. The Hall–Kier alpha value is -0.900. The predicted molar refractivity (Wildman–Crippen MR) is 77.8 cm³/mol. The van der Waals surface area contributed by atoms with Crippen LogP contribution in [0, 0.1) is 16.7 Å². The molecule has 1 aliphatic heterocycles. The van der Waals surface area contributed by atoms with Crippen LogP contribution in [0.15, 0.2) is 0 Å². The summed E-state index contributed by atoms with van der Waals surface area (Å²) in [4.78, 5) is 4.42. The molecule has 2 unspecified atom stereocenters. The molecular formula is C14H28N4. The molecule has 0 spiro atoms. The van der Waals surface area contributed by atoms with Crippen LogP contribution in [-0.2, 0) is 0 Å². The van der Waals surface area contributed by atoms with Crippen LogP contribution in [0.5, 0.6) is 0 Å². The van der Waals surface area contributed by atoms with Gasteiger partial charge in [-0.25, -0.2) is 0 Å². The third-order valence-corrected chi connectivity index (χ3v) is 4.09. The van der Waals surface area contributed by atoms with Crippen LogP contribution in [0.1, 0.15) is 40.0 Å². The Labute approximate surface area is 111 Å². The van der Waals surface area contributed by atoms with Crippen LogP contribution in [-0.4, -0.2) is 54.1 Å². The fourth-order valence-corrected chi connectivity index (χ4v) is 2.73. The normalized spacial score (nSPS) is 25.1. The number of amidine groups is 1. The van der Waals surface area contributed by atoms with E-state index in [-0.39, 0.29) is 12.0 Å². The standard InChI is InChI=1S/C14H28N4/c1-5-18(6-2)9-7-8-13-12(15)10-11(3)14(16)17(13)4/h11,13,15-16H,5-10H2,1-4H3. The van der Waals surface area contributed by atoms with Gasteiger partial charge in [0.15, 0.2) is 0 Å². The van der Waals surface area contributed by atoms with E-state index < -0.39 is 0 Å². The van der Waals surface area contributed by atoms with Gasteiger partial charge >= 0.3 is 0 Å². The van der Waals surface area contributed by atoms with Crippen LogP contribution >= 0.6 is 0 Å². The summed E-state index contributed by atoms with van der Waals surface area (Å²) in [6, 6.07) is 0.157. The van der Waals surface area contributed by atoms with E-state index in [2.05, 4.69) is 18.7 Å². The Morgan fingerprint density at radius 1 is 1.28 bits per heavy atom. The first-order valence-electron chi connectivity index (χ1n) is 7.12. The van der Waals surface area contributed by atoms with E-state index in [9.17, 15) is 0 Å². The lowest BCUT2D eigenvalue weighted by Gasteiger charge is -2.38. The molecule has 0 aliphatic carbocycles. The van der Waals surface area contributed by atoms with Crippen LogP contribution in [0.25, 0.3) is 0 Å². The lowest BCUT2D eigenvalue weighted by molar-refractivity contribution is 0.281. The maximum absolute atomic E-state index is 8.12. The van der Waals surface area contributed by atoms with Crippen molar-refractivity contribution in [2.45, 2.75) is 46.1 Å².